The SMILES string of the molecule is CCCn1c(-c2ccnc(CN)c2)nc2cc(Cl)ccc21. The summed E-state index contributed by atoms with van der Waals surface area (Å²) in [7, 11) is 0. The maximum Gasteiger partial charge on any atom is 0.141 e. The molecule has 5 heteroatoms. The molecule has 3 aromatic rings. The topological polar surface area (TPSA) is 56.7 Å². The fraction of sp³-hybridized carbons (Fsp3) is 0.250. The number of aromatic nitrogens is 3. The van der Waals surface area contributed by atoms with Crippen LogP contribution in [0, 0.1) is 0 Å². The van der Waals surface area contributed by atoms with Crippen LogP contribution in [0.1, 0.15) is 19.0 Å². The van der Waals surface area contributed by atoms with E-state index >= 15 is 0 Å². The number of imidazole rings is 1. The zero-order valence-electron chi connectivity index (χ0n) is 11.9. The summed E-state index contributed by atoms with van der Waals surface area (Å²) in [6.45, 7) is 3.49. The lowest BCUT2D eigenvalue weighted by molar-refractivity contribution is 0.704. The van der Waals surface area contributed by atoms with Gasteiger partial charge >= 0.3 is 0 Å². The van der Waals surface area contributed by atoms with Gasteiger partial charge in [-0.3, -0.25) is 4.98 Å². The molecule has 0 saturated carbocycles. The molecule has 0 amide bonds. The second kappa shape index (κ2) is 5.84. The minimum Gasteiger partial charge on any atom is -0.325 e. The fourth-order valence-electron chi connectivity index (χ4n) is 2.50. The largest absolute Gasteiger partial charge is 0.325 e. The third-order valence-electron chi connectivity index (χ3n) is 3.44. The molecule has 0 aliphatic carbocycles. The summed E-state index contributed by atoms with van der Waals surface area (Å²) >= 11 is 6.08. The van der Waals surface area contributed by atoms with Crippen LogP contribution in [0.3, 0.4) is 0 Å². The van der Waals surface area contributed by atoms with Gasteiger partial charge in [-0.1, -0.05) is 18.5 Å². The van der Waals surface area contributed by atoms with Crippen LogP contribution in [-0.4, -0.2) is 14.5 Å². The van der Waals surface area contributed by atoms with E-state index in [2.05, 4.69) is 16.5 Å². The predicted octanol–water partition coefficient (Wildman–Crippen LogP) is 3.62. The third-order valence-corrected chi connectivity index (χ3v) is 3.68. The van der Waals surface area contributed by atoms with Gasteiger partial charge in [0.05, 0.1) is 16.7 Å². The Kier molecular flexibility index (Phi) is 3.90. The van der Waals surface area contributed by atoms with Gasteiger partial charge in [0.25, 0.3) is 0 Å². The molecular formula is C16H17ClN4. The van der Waals surface area contributed by atoms with Gasteiger partial charge in [0.1, 0.15) is 5.82 Å². The Hall–Kier alpha value is -1.91. The molecule has 2 aromatic heterocycles. The smallest absolute Gasteiger partial charge is 0.141 e. The molecular weight excluding hydrogens is 284 g/mol. The number of nitrogens with zero attached hydrogens (tertiary/aromatic N) is 3. The van der Waals surface area contributed by atoms with E-state index in [0.717, 1.165) is 41.1 Å². The number of nitrogens with two attached hydrogens (primary N) is 1. The molecule has 0 atom stereocenters. The van der Waals surface area contributed by atoms with Crippen molar-refractivity contribution >= 4 is 22.6 Å². The van der Waals surface area contributed by atoms with Crippen molar-refractivity contribution in [3.8, 4) is 11.4 Å². The van der Waals surface area contributed by atoms with Crippen molar-refractivity contribution in [2.24, 2.45) is 5.73 Å². The van der Waals surface area contributed by atoms with Crippen LogP contribution < -0.4 is 5.73 Å². The first kappa shape index (κ1) is 14.0. The molecule has 0 aliphatic heterocycles. The zero-order valence-corrected chi connectivity index (χ0v) is 12.6. The minimum atomic E-state index is 0.424. The summed E-state index contributed by atoms with van der Waals surface area (Å²) in [5, 5.41) is 0.701. The van der Waals surface area contributed by atoms with Crippen LogP contribution in [0.4, 0.5) is 0 Å². The van der Waals surface area contributed by atoms with E-state index in [0.29, 0.717) is 11.6 Å². The zero-order chi connectivity index (χ0) is 14.8. The second-order valence-corrected chi connectivity index (χ2v) is 5.40. The number of hydrogen-bond acceptors (Lipinski definition) is 3. The van der Waals surface area contributed by atoms with Crippen molar-refractivity contribution < 1.29 is 0 Å². The monoisotopic (exact) mass is 300 g/mol. The standard InChI is InChI=1S/C16H17ClN4/c1-2-7-21-15-4-3-12(17)9-14(15)20-16(21)11-5-6-19-13(8-11)10-18/h3-6,8-9H,2,7,10,18H2,1H3. The Bertz CT molecular complexity index is 779. The van der Waals surface area contributed by atoms with Gasteiger partial charge in [-0.15, -0.1) is 0 Å². The molecule has 1 aromatic carbocycles. The average molecular weight is 301 g/mol. The van der Waals surface area contributed by atoms with Crippen molar-refractivity contribution in [2.45, 2.75) is 26.4 Å². The number of aryl methyl sites for hydroxylation is 1. The van der Waals surface area contributed by atoms with Gasteiger partial charge in [-0.2, -0.15) is 0 Å². The highest BCUT2D eigenvalue weighted by Crippen LogP contribution is 2.27. The van der Waals surface area contributed by atoms with Gasteiger partial charge in [-0.05, 0) is 36.8 Å². The summed E-state index contributed by atoms with van der Waals surface area (Å²) in [4.78, 5) is 8.99. The predicted molar refractivity (Wildman–Crippen MR) is 86.2 cm³/mol. The summed E-state index contributed by atoms with van der Waals surface area (Å²) < 4.78 is 2.22. The van der Waals surface area contributed by atoms with Gasteiger partial charge in [0.2, 0.25) is 0 Å². The molecule has 2 N–H and O–H groups in total. The summed E-state index contributed by atoms with van der Waals surface area (Å²) in [5.74, 6) is 0.936. The molecule has 3 rings (SSSR count). The van der Waals surface area contributed by atoms with E-state index in [4.69, 9.17) is 22.3 Å². The number of fused-ring (bicyclic) bond motifs is 1. The Morgan fingerprint density at radius 2 is 2.10 bits per heavy atom. The lowest BCUT2D eigenvalue weighted by atomic mass is 10.2. The molecule has 0 bridgehead atoms. The van der Waals surface area contributed by atoms with Gasteiger partial charge in [-0.25, -0.2) is 4.98 Å². The van der Waals surface area contributed by atoms with E-state index in [1.165, 1.54) is 0 Å². The summed E-state index contributed by atoms with van der Waals surface area (Å²) in [6, 6.07) is 9.79. The van der Waals surface area contributed by atoms with Crippen molar-refractivity contribution in [2.75, 3.05) is 0 Å². The molecule has 0 spiro atoms. The molecule has 0 aliphatic rings. The normalized spacial score (nSPS) is 11.2. The van der Waals surface area contributed by atoms with Crippen molar-refractivity contribution in [1.82, 2.24) is 14.5 Å². The maximum absolute atomic E-state index is 6.08. The highest BCUT2D eigenvalue weighted by atomic mass is 35.5. The highest BCUT2D eigenvalue weighted by Gasteiger charge is 2.13. The fourth-order valence-corrected chi connectivity index (χ4v) is 2.67. The van der Waals surface area contributed by atoms with E-state index in [1.807, 2.05) is 30.3 Å². The molecule has 2 heterocycles. The second-order valence-electron chi connectivity index (χ2n) is 4.96. The number of benzene rings is 1. The van der Waals surface area contributed by atoms with Crippen molar-refractivity contribution in [3.05, 3.63) is 47.2 Å². The van der Waals surface area contributed by atoms with Crippen LogP contribution in [0.15, 0.2) is 36.5 Å². The van der Waals surface area contributed by atoms with Gasteiger partial charge in [0, 0.05) is 29.9 Å². The Morgan fingerprint density at radius 1 is 1.24 bits per heavy atom. The van der Waals surface area contributed by atoms with E-state index in [-0.39, 0.29) is 0 Å². The molecule has 4 nitrogen and oxygen atoms in total. The average Bonchev–Trinajstić information content (AvgIpc) is 2.85. The van der Waals surface area contributed by atoms with Crippen molar-refractivity contribution in [1.29, 1.82) is 0 Å². The first-order valence-corrected chi connectivity index (χ1v) is 7.42. The molecule has 0 unspecified atom stereocenters. The lowest BCUT2D eigenvalue weighted by Crippen LogP contribution is -2.02. The van der Waals surface area contributed by atoms with E-state index in [9.17, 15) is 0 Å². The third kappa shape index (κ3) is 2.64. The number of halogens is 1. The quantitative estimate of drug-likeness (QED) is 0.800. The highest BCUT2D eigenvalue weighted by molar-refractivity contribution is 6.31. The van der Waals surface area contributed by atoms with E-state index < -0.39 is 0 Å². The first-order chi connectivity index (χ1) is 10.2. The van der Waals surface area contributed by atoms with Crippen LogP contribution >= 0.6 is 11.6 Å². The Balaban J connectivity index is 2.22. The Labute approximate surface area is 128 Å². The molecule has 0 saturated heterocycles. The van der Waals surface area contributed by atoms with Crippen LogP contribution in [0.2, 0.25) is 5.02 Å². The van der Waals surface area contributed by atoms with Crippen LogP contribution in [-0.2, 0) is 13.1 Å². The molecule has 0 radical (unpaired) electrons. The molecule has 0 fully saturated rings. The van der Waals surface area contributed by atoms with Crippen LogP contribution in [0.25, 0.3) is 22.4 Å². The Morgan fingerprint density at radius 3 is 2.86 bits per heavy atom. The number of hydrogen-bond donors (Lipinski definition) is 1. The molecule has 21 heavy (non-hydrogen) atoms. The van der Waals surface area contributed by atoms with Gasteiger partial charge in [0.15, 0.2) is 0 Å². The first-order valence-electron chi connectivity index (χ1n) is 7.04. The van der Waals surface area contributed by atoms with Crippen LogP contribution in [0.5, 0.6) is 0 Å². The van der Waals surface area contributed by atoms with Gasteiger partial charge < -0.3 is 10.3 Å². The lowest BCUT2D eigenvalue weighted by Gasteiger charge is -2.08. The van der Waals surface area contributed by atoms with E-state index in [1.54, 1.807) is 6.20 Å². The van der Waals surface area contributed by atoms with Crippen molar-refractivity contribution in [3.63, 3.8) is 0 Å². The minimum absolute atomic E-state index is 0.424. The summed E-state index contributed by atoms with van der Waals surface area (Å²) in [6.07, 6.45) is 2.82. The summed E-state index contributed by atoms with van der Waals surface area (Å²) in [5.41, 5.74) is 9.59. The number of pyridine rings is 1. The maximum atomic E-state index is 6.08. The number of rotatable bonds is 4. The molecule has 108 valence electrons.